The Bertz CT molecular complexity index is 2520. The molecule has 22 heteroatoms. The maximum Gasteiger partial charge on any atom is 0.354 e. The molecule has 6 aliphatic rings. The minimum Gasteiger partial charge on any atom is -0.475 e. The number of carbonyl (C=O) groups excluding carboxylic acids is 2. The number of nitrogens with one attached hydrogen (secondary N) is 4. The van der Waals surface area contributed by atoms with Gasteiger partial charge >= 0.3 is 12.1 Å². The quantitative estimate of drug-likeness (QED) is 0.111. The van der Waals surface area contributed by atoms with E-state index in [0.717, 1.165) is 88.4 Å². The summed E-state index contributed by atoms with van der Waals surface area (Å²) in [5.41, 5.74) is 11.6. The molecule has 0 spiro atoms. The minimum absolute atomic E-state index is 0.0386. The lowest BCUT2D eigenvalue weighted by atomic mass is 9.99. The number of nitrogens with two attached hydrogens (primary N) is 2. The van der Waals surface area contributed by atoms with Crippen molar-refractivity contribution in [1.29, 1.82) is 0 Å². The van der Waals surface area contributed by atoms with Crippen LogP contribution in [0.15, 0.2) is 43.0 Å². The van der Waals surface area contributed by atoms with Crippen molar-refractivity contribution in [3.63, 3.8) is 0 Å². The zero-order valence-corrected chi connectivity index (χ0v) is 39.2. The normalized spacial score (nSPS) is 20.4. The number of hydrogen-bond acceptors (Lipinski definition) is 12. The van der Waals surface area contributed by atoms with Crippen LogP contribution in [-0.2, 0) is 93.8 Å². The van der Waals surface area contributed by atoms with Crippen molar-refractivity contribution in [3.05, 3.63) is 69.0 Å². The smallest absolute Gasteiger partial charge is 0.354 e. The molecule has 4 aromatic rings. The lowest BCUT2D eigenvalue weighted by molar-refractivity contribution is 0.157. The Morgan fingerprint density at radius 3 is 1.36 bits per heavy atom. The van der Waals surface area contributed by atoms with Crippen molar-refractivity contribution in [3.8, 4) is 11.8 Å². The first-order chi connectivity index (χ1) is 31.9. The summed E-state index contributed by atoms with van der Waals surface area (Å²) in [7, 11) is -3.77. The molecule has 4 amide bonds. The zero-order chi connectivity index (χ0) is 46.0. The van der Waals surface area contributed by atoms with Gasteiger partial charge in [-0.2, -0.15) is 10.2 Å². The van der Waals surface area contributed by atoms with Crippen molar-refractivity contribution in [2.45, 2.75) is 112 Å². The molecule has 10 rings (SSSR count). The number of aryl methyl sites for hydroxylation is 4. The predicted molar refractivity (Wildman–Crippen MR) is 248 cm³/mol. The van der Waals surface area contributed by atoms with Gasteiger partial charge < -0.3 is 40.2 Å². The molecule has 0 fully saturated rings. The van der Waals surface area contributed by atoms with Gasteiger partial charge in [-0.3, -0.25) is 0 Å². The topological polar surface area (TPSA) is 266 Å². The number of urea groups is 2. The first kappa shape index (κ1) is 46.2. The van der Waals surface area contributed by atoms with Gasteiger partial charge in [-0.25, -0.2) is 37.6 Å². The molecule has 2 aliphatic heterocycles. The second kappa shape index (κ2) is 19.7. The molecule has 0 radical (unpaired) electrons. The third-order valence-electron chi connectivity index (χ3n) is 13.1. The molecule has 8 N–H and O–H groups in total. The van der Waals surface area contributed by atoms with Crippen molar-refractivity contribution >= 4 is 43.3 Å². The standard InChI is InChI=1S/2C22H30N6O4S/c2*1-31-9-8-24-16-12-28-21(32-13-16)19(11-25-28)33(23,30)27-22(29)26-20-17-6-2-4-14(17)10-15-5-3-7-18(15)20/h2*10-11,16,24H,2-9,12-13H2,1H3,(H3,23,26,27,29,30)/t2*16-,33?/m00/s1. The fourth-order valence-corrected chi connectivity index (χ4v) is 12.1. The number of carbonyl (C=O) groups is 2. The maximum atomic E-state index is 13.3. The van der Waals surface area contributed by atoms with Crippen LogP contribution in [0.5, 0.6) is 11.8 Å². The average Bonchev–Trinajstić information content (AvgIpc) is 4.14. The fourth-order valence-electron chi connectivity index (χ4n) is 10.1. The van der Waals surface area contributed by atoms with Crippen LogP contribution in [0.3, 0.4) is 0 Å². The van der Waals surface area contributed by atoms with E-state index in [0.29, 0.717) is 64.4 Å². The summed E-state index contributed by atoms with van der Waals surface area (Å²) >= 11 is 0. The number of amides is 4. The number of anilines is 2. The van der Waals surface area contributed by atoms with Gasteiger partial charge in [0.05, 0.1) is 50.8 Å². The van der Waals surface area contributed by atoms with E-state index in [1.54, 1.807) is 23.6 Å². The molecular weight excluding hydrogens is 889 g/mol. The molecular formula is C44H60N12O8S2. The highest BCUT2D eigenvalue weighted by Crippen LogP contribution is 2.40. The highest BCUT2D eigenvalue weighted by atomic mass is 32.2. The number of ether oxygens (including phenoxy) is 4. The van der Waals surface area contributed by atoms with Crippen molar-refractivity contribution < 1.29 is 37.0 Å². The first-order valence-electron chi connectivity index (χ1n) is 22.8. The van der Waals surface area contributed by atoms with E-state index < -0.39 is 31.9 Å². The van der Waals surface area contributed by atoms with Gasteiger partial charge in [-0.15, -0.1) is 8.73 Å². The third-order valence-corrected chi connectivity index (χ3v) is 15.8. The molecule has 20 nitrogen and oxygen atoms in total. The number of fused-ring (bicyclic) bond motifs is 6. The molecule has 356 valence electrons. The molecule has 2 aromatic heterocycles. The van der Waals surface area contributed by atoms with Gasteiger partial charge in [0.2, 0.25) is 11.8 Å². The SMILES string of the molecule is COCCN[C@@H]1COc2c(S(N)(=O)=NC(=O)Nc3c4c(cc5c3CCC5)CCC4)cnn2C1.COCCN[C@@H]1COc2c(S(N)(=O)=NC(=O)Nc3c4c(cc5c3CCC5)CCC4)cnn2C1. The number of rotatable bonds is 12. The van der Waals surface area contributed by atoms with E-state index in [1.807, 2.05) is 0 Å². The number of benzene rings is 2. The van der Waals surface area contributed by atoms with E-state index >= 15 is 0 Å². The Balaban J connectivity index is 0.000000166. The Hall–Kier alpha value is -4.94. The zero-order valence-electron chi connectivity index (χ0n) is 37.5. The highest BCUT2D eigenvalue weighted by molar-refractivity contribution is 7.92. The van der Waals surface area contributed by atoms with Crippen molar-refractivity contribution in [2.75, 3.05) is 64.4 Å². The van der Waals surface area contributed by atoms with Crippen LogP contribution in [0.1, 0.15) is 70.2 Å². The van der Waals surface area contributed by atoms with E-state index in [9.17, 15) is 18.0 Å². The van der Waals surface area contributed by atoms with Gasteiger partial charge in [0.15, 0.2) is 19.8 Å². The average molecular weight is 949 g/mol. The predicted octanol–water partition coefficient (Wildman–Crippen LogP) is 3.58. The highest BCUT2D eigenvalue weighted by Gasteiger charge is 2.31. The molecule has 2 unspecified atom stereocenters. The molecule has 4 heterocycles. The van der Waals surface area contributed by atoms with Crippen LogP contribution in [0.25, 0.3) is 0 Å². The third kappa shape index (κ3) is 9.73. The minimum atomic E-state index is -3.53. The van der Waals surface area contributed by atoms with E-state index in [1.165, 1.54) is 56.9 Å². The molecule has 0 saturated heterocycles. The van der Waals surface area contributed by atoms with Crippen LogP contribution in [0, 0.1) is 0 Å². The Labute approximate surface area is 385 Å². The Morgan fingerprint density at radius 2 is 1.02 bits per heavy atom. The number of hydrogen-bond donors (Lipinski definition) is 6. The largest absolute Gasteiger partial charge is 0.475 e. The van der Waals surface area contributed by atoms with Gasteiger partial charge in [-0.05, 0) is 122 Å². The summed E-state index contributed by atoms with van der Waals surface area (Å²) in [6, 6.07) is 3.25. The second-order valence-corrected chi connectivity index (χ2v) is 21.1. The van der Waals surface area contributed by atoms with Crippen molar-refractivity contribution in [2.24, 2.45) is 19.0 Å². The molecule has 4 aliphatic carbocycles. The molecule has 2 aromatic carbocycles. The van der Waals surface area contributed by atoms with Gasteiger partial charge in [0.25, 0.3) is 0 Å². The summed E-state index contributed by atoms with van der Waals surface area (Å²) in [4.78, 5) is 26.0. The van der Waals surface area contributed by atoms with Crippen LogP contribution >= 0.6 is 0 Å². The van der Waals surface area contributed by atoms with Crippen LogP contribution in [0.4, 0.5) is 21.0 Å². The summed E-state index contributed by atoms with van der Waals surface area (Å²) in [6.07, 6.45) is 14.9. The molecule has 0 bridgehead atoms. The van der Waals surface area contributed by atoms with Crippen molar-refractivity contribution in [1.82, 2.24) is 30.2 Å². The number of aromatic nitrogens is 4. The fraction of sp³-hybridized carbons (Fsp3) is 0.545. The van der Waals surface area contributed by atoms with Crippen LogP contribution < -0.4 is 41.0 Å². The van der Waals surface area contributed by atoms with Gasteiger partial charge in [-0.1, -0.05) is 12.1 Å². The molecule has 4 atom stereocenters. The first-order valence-corrected chi connectivity index (χ1v) is 25.9. The summed E-state index contributed by atoms with van der Waals surface area (Å²) < 4.78 is 59.2. The van der Waals surface area contributed by atoms with Crippen LogP contribution in [0.2, 0.25) is 0 Å². The maximum absolute atomic E-state index is 13.3. The summed E-state index contributed by atoms with van der Waals surface area (Å²) in [5, 5.41) is 33.1. The van der Waals surface area contributed by atoms with E-state index in [-0.39, 0.29) is 21.9 Å². The Morgan fingerprint density at radius 1 is 0.652 bits per heavy atom. The lowest BCUT2D eigenvalue weighted by Gasteiger charge is -2.25. The number of nitrogens with zero attached hydrogens (tertiary/aromatic N) is 6. The number of methoxy groups -OCH3 is 2. The van der Waals surface area contributed by atoms with E-state index in [4.69, 9.17) is 29.2 Å². The monoisotopic (exact) mass is 948 g/mol. The lowest BCUT2D eigenvalue weighted by Crippen LogP contribution is -2.43. The molecule has 66 heavy (non-hydrogen) atoms. The summed E-state index contributed by atoms with van der Waals surface area (Å²) in [5.74, 6) is 0.593. The van der Waals surface area contributed by atoms with Crippen LogP contribution in [-0.4, -0.2) is 106 Å². The van der Waals surface area contributed by atoms with Gasteiger partial charge in [0, 0.05) is 38.7 Å². The van der Waals surface area contributed by atoms with E-state index in [2.05, 4.69) is 52.3 Å². The second-order valence-electron chi connectivity index (χ2n) is 17.6. The summed E-state index contributed by atoms with van der Waals surface area (Å²) in [6.45, 7) is 4.34. The van der Waals surface area contributed by atoms with Gasteiger partial charge in [0.1, 0.15) is 23.0 Å². The Kier molecular flexibility index (Phi) is 13.8. The molecule has 0 saturated carbocycles.